The normalized spacial score (nSPS) is 21.8. The van der Waals surface area contributed by atoms with Crippen LogP contribution in [-0.2, 0) is 52.4 Å². The Balaban J connectivity index is -0.000000105. The van der Waals surface area contributed by atoms with Crippen molar-refractivity contribution in [3.05, 3.63) is 128 Å². The molecule has 4 rings (SSSR count). The Labute approximate surface area is 182 Å². The summed E-state index contributed by atoms with van der Waals surface area (Å²) < 4.78 is 0. The summed E-state index contributed by atoms with van der Waals surface area (Å²) in [7, 11) is 0. The zero-order valence-corrected chi connectivity index (χ0v) is 19.9. The third-order valence-electron chi connectivity index (χ3n) is 2.22. The summed E-state index contributed by atoms with van der Waals surface area (Å²) in [5.41, 5.74) is 0. The van der Waals surface area contributed by atoms with Crippen LogP contribution in [-0.4, -0.2) is 0 Å². The van der Waals surface area contributed by atoms with Crippen molar-refractivity contribution in [1.29, 1.82) is 0 Å². The molecule has 4 saturated carbocycles. The first-order valence-electron chi connectivity index (χ1n) is 6.67. The predicted molar refractivity (Wildman–Crippen MR) is 95.8 cm³/mol. The molecule has 0 N–H and O–H groups in total. The minimum atomic E-state index is 0. The molecular weight excluding hydrogens is 423 g/mol. The zero-order valence-electron chi connectivity index (χ0n) is 13.0. The second-order valence-electron chi connectivity index (χ2n) is 3.85. The molecule has 116 valence electrons. The molecule has 0 atom stereocenters. The maximum atomic E-state index is 2.00. The fraction of sp³-hybridized carbons (Fsp3) is 0. The topological polar surface area (TPSA) is 0 Å². The molecular formula is C20H28Zr2. The van der Waals surface area contributed by atoms with Gasteiger partial charge in [0.15, 0.2) is 0 Å². The summed E-state index contributed by atoms with van der Waals surface area (Å²) in [6.07, 6.45) is 40.0. The second kappa shape index (κ2) is 22.8. The van der Waals surface area contributed by atoms with Crippen LogP contribution in [0.4, 0.5) is 0 Å². The summed E-state index contributed by atoms with van der Waals surface area (Å²) >= 11 is 0. The van der Waals surface area contributed by atoms with Crippen molar-refractivity contribution in [2.45, 2.75) is 0 Å². The van der Waals surface area contributed by atoms with E-state index in [2.05, 4.69) is 0 Å². The van der Waals surface area contributed by atoms with Crippen LogP contribution in [0.15, 0.2) is 0 Å². The second-order valence-corrected chi connectivity index (χ2v) is 3.85. The van der Waals surface area contributed by atoms with Gasteiger partial charge in [-0.25, -0.2) is 0 Å². The number of hydrogen-bond acceptors (Lipinski definition) is 0. The first kappa shape index (κ1) is 26.0. The molecule has 0 nitrogen and oxygen atoms in total. The van der Waals surface area contributed by atoms with E-state index in [-0.39, 0.29) is 55.3 Å². The molecule has 0 bridgehead atoms. The van der Waals surface area contributed by atoms with Crippen molar-refractivity contribution < 1.29 is 55.3 Å². The van der Waals surface area contributed by atoms with Gasteiger partial charge < -0.3 is 0 Å². The zero-order chi connectivity index (χ0) is 14.1. The van der Waals surface area contributed by atoms with Gasteiger partial charge >= 0.3 is 52.4 Å². The Hall–Kier alpha value is 1.77. The van der Waals surface area contributed by atoms with Gasteiger partial charge in [-0.3, -0.25) is 0 Å². The van der Waals surface area contributed by atoms with Gasteiger partial charge in [0.25, 0.3) is 0 Å². The van der Waals surface area contributed by atoms with E-state index in [0.29, 0.717) is 0 Å². The molecule has 20 radical (unpaired) electrons. The van der Waals surface area contributed by atoms with Crippen molar-refractivity contribution in [2.75, 3.05) is 0 Å². The predicted octanol–water partition coefficient (Wildman–Crippen LogP) is 3.50. The van der Waals surface area contributed by atoms with Crippen molar-refractivity contribution in [3.63, 3.8) is 0 Å². The Morgan fingerprint density at radius 3 is 0.273 bits per heavy atom. The van der Waals surface area contributed by atoms with Crippen LogP contribution in [0, 0.1) is 128 Å². The van der Waals surface area contributed by atoms with Crippen LogP contribution in [0.3, 0.4) is 0 Å². The third kappa shape index (κ3) is 19.8. The van der Waals surface area contributed by atoms with E-state index in [4.69, 9.17) is 0 Å². The van der Waals surface area contributed by atoms with Gasteiger partial charge in [0.2, 0.25) is 0 Å². The van der Waals surface area contributed by atoms with Gasteiger partial charge in [-0.2, -0.15) is 0 Å². The Bertz CT molecular complexity index is 106. The van der Waals surface area contributed by atoms with Crippen LogP contribution < -0.4 is 0 Å². The molecule has 0 aromatic rings. The molecule has 0 aromatic carbocycles. The molecule has 0 unspecified atom stereocenters. The Kier molecular flexibility index (Phi) is 26.9. The van der Waals surface area contributed by atoms with E-state index in [1.807, 2.05) is 128 Å². The standard InChI is InChI=1S/4C5H5.2Zr.2H2.4H/c4*1-2-4-5-3-1;;;;;;;;/h4*1-5H;;;2*1H;;;;. The van der Waals surface area contributed by atoms with Gasteiger partial charge in [0.05, 0.1) is 0 Å². The molecule has 4 aliphatic carbocycles. The quantitative estimate of drug-likeness (QED) is 0.530. The summed E-state index contributed by atoms with van der Waals surface area (Å²) in [6.45, 7) is 0. The van der Waals surface area contributed by atoms with Crippen molar-refractivity contribution in [1.82, 2.24) is 0 Å². The molecule has 2 heteroatoms. The monoisotopic (exact) mass is 448 g/mol. The molecule has 22 heavy (non-hydrogen) atoms. The van der Waals surface area contributed by atoms with Crippen LogP contribution >= 0.6 is 0 Å². The summed E-state index contributed by atoms with van der Waals surface area (Å²) in [5, 5.41) is 0. The van der Waals surface area contributed by atoms with E-state index in [0.717, 1.165) is 0 Å². The average Bonchev–Trinajstić information content (AvgIpc) is 3.40. The van der Waals surface area contributed by atoms with Gasteiger partial charge in [-0.15, -0.1) is 0 Å². The van der Waals surface area contributed by atoms with Crippen LogP contribution in [0.1, 0.15) is 2.85 Å². The fourth-order valence-electron chi connectivity index (χ4n) is 1.28. The molecule has 0 aliphatic heterocycles. The summed E-state index contributed by atoms with van der Waals surface area (Å²) in [4.78, 5) is 0. The molecule has 4 aliphatic rings. The van der Waals surface area contributed by atoms with E-state index in [9.17, 15) is 0 Å². The first-order valence-corrected chi connectivity index (χ1v) is 6.67. The van der Waals surface area contributed by atoms with Crippen molar-refractivity contribution >= 4 is 0 Å². The van der Waals surface area contributed by atoms with Crippen molar-refractivity contribution in [2.24, 2.45) is 0 Å². The maximum absolute atomic E-state index is 2.00. The third-order valence-corrected chi connectivity index (χ3v) is 2.22. The SMILES string of the molecule is [CH]1[CH][CH][CH][CH]1.[CH]1[CH][CH][CH][CH]1.[CH]1[CH][CH][CH][CH]1.[CH]1[CH][CH][CH][CH]1.[HH].[HH].[ZrH2].[ZrH2]. The fourth-order valence-corrected chi connectivity index (χ4v) is 1.28. The molecule has 0 amide bonds. The van der Waals surface area contributed by atoms with Crippen molar-refractivity contribution in [3.8, 4) is 0 Å². The van der Waals surface area contributed by atoms with E-state index in [1.165, 1.54) is 0 Å². The Morgan fingerprint density at radius 2 is 0.227 bits per heavy atom. The van der Waals surface area contributed by atoms with E-state index < -0.39 is 0 Å². The van der Waals surface area contributed by atoms with Crippen LogP contribution in [0.25, 0.3) is 0 Å². The minimum absolute atomic E-state index is 0. The van der Waals surface area contributed by atoms with E-state index >= 15 is 0 Å². The molecule has 0 saturated heterocycles. The van der Waals surface area contributed by atoms with Crippen LogP contribution in [0.2, 0.25) is 0 Å². The number of rotatable bonds is 0. The summed E-state index contributed by atoms with van der Waals surface area (Å²) in [5.74, 6) is 0. The van der Waals surface area contributed by atoms with Gasteiger partial charge in [0.1, 0.15) is 0 Å². The molecule has 0 aromatic heterocycles. The number of hydrogen-bond donors (Lipinski definition) is 0. The molecule has 4 fully saturated rings. The van der Waals surface area contributed by atoms with E-state index in [1.54, 1.807) is 0 Å². The summed E-state index contributed by atoms with van der Waals surface area (Å²) in [6, 6.07) is 0. The van der Waals surface area contributed by atoms with Gasteiger partial charge in [-0.1, -0.05) is 0 Å². The average molecular weight is 451 g/mol. The first-order chi connectivity index (χ1) is 10.0. The molecule has 0 spiro atoms. The van der Waals surface area contributed by atoms with Crippen LogP contribution in [0.5, 0.6) is 0 Å². The molecule has 0 heterocycles. The van der Waals surface area contributed by atoms with Gasteiger partial charge in [0, 0.05) is 2.85 Å². The Morgan fingerprint density at radius 1 is 0.182 bits per heavy atom. The van der Waals surface area contributed by atoms with Gasteiger partial charge in [-0.05, 0) is 128 Å².